The molecule has 0 aliphatic rings. The molecule has 0 atom stereocenters. The fourth-order valence-electron chi connectivity index (χ4n) is 7.67. The summed E-state index contributed by atoms with van der Waals surface area (Å²) in [4.78, 5) is 11.0. The van der Waals surface area contributed by atoms with Crippen LogP contribution in [0.3, 0.4) is 0 Å². The van der Waals surface area contributed by atoms with E-state index in [4.69, 9.17) is 9.97 Å². The molecular weight excluding hydrogens is 603 g/mol. The van der Waals surface area contributed by atoms with Crippen LogP contribution in [-0.4, -0.2) is 14.5 Å². The number of fused-ring (bicyclic) bond motifs is 12. The van der Waals surface area contributed by atoms with E-state index in [2.05, 4.69) is 158 Å². The summed E-state index contributed by atoms with van der Waals surface area (Å²) in [5.74, 6) is 0.848. The molecule has 10 rings (SSSR count). The van der Waals surface area contributed by atoms with Crippen molar-refractivity contribution in [2.24, 2.45) is 0 Å². The average Bonchev–Trinajstić information content (AvgIpc) is 3.70. The van der Waals surface area contributed by atoms with Gasteiger partial charge in [-0.2, -0.15) is 0 Å². The first-order chi connectivity index (χ1) is 23.7. The maximum Gasteiger partial charge on any atom is 0.164 e. The van der Waals surface area contributed by atoms with E-state index in [1.165, 1.54) is 63.6 Å². The van der Waals surface area contributed by atoms with Crippen LogP contribution in [0.4, 0.5) is 0 Å². The van der Waals surface area contributed by atoms with Crippen LogP contribution in [0.1, 0.15) is 11.3 Å². The van der Waals surface area contributed by atoms with Crippen molar-refractivity contribution >= 4 is 74.9 Å². The molecule has 0 unspecified atom stereocenters. The van der Waals surface area contributed by atoms with Crippen molar-refractivity contribution in [2.45, 2.75) is 13.8 Å². The third-order valence-electron chi connectivity index (χ3n) is 9.85. The van der Waals surface area contributed by atoms with Gasteiger partial charge in [0.15, 0.2) is 5.82 Å². The Morgan fingerprint density at radius 3 is 1.98 bits per heavy atom. The first kappa shape index (κ1) is 27.3. The Morgan fingerprint density at radius 2 is 1.17 bits per heavy atom. The van der Waals surface area contributed by atoms with Crippen molar-refractivity contribution in [1.82, 2.24) is 14.5 Å². The Hall–Kier alpha value is -5.84. The molecule has 4 heteroatoms. The van der Waals surface area contributed by atoms with E-state index in [1.54, 1.807) is 0 Å². The molecule has 0 aliphatic carbocycles. The van der Waals surface area contributed by atoms with Gasteiger partial charge in [0.25, 0.3) is 0 Å². The molecule has 48 heavy (non-hydrogen) atoms. The lowest BCUT2D eigenvalue weighted by Crippen LogP contribution is -2.07. The summed E-state index contributed by atoms with van der Waals surface area (Å²) >= 11 is 1.90. The van der Waals surface area contributed by atoms with Crippen molar-refractivity contribution in [3.63, 3.8) is 0 Å². The lowest BCUT2D eigenvalue weighted by molar-refractivity contribution is 1.02. The molecule has 0 fully saturated rings. The van der Waals surface area contributed by atoms with Crippen molar-refractivity contribution in [2.75, 3.05) is 0 Å². The summed E-state index contributed by atoms with van der Waals surface area (Å²) in [5, 5.41) is 10.2. The number of thiophene rings is 1. The zero-order valence-corrected chi connectivity index (χ0v) is 27.3. The van der Waals surface area contributed by atoms with Crippen LogP contribution in [0.5, 0.6) is 0 Å². The molecule has 0 amide bonds. The molecule has 7 aromatic carbocycles. The minimum atomic E-state index is 0.848. The Bertz CT molecular complexity index is 2910. The second-order valence-corrected chi connectivity index (χ2v) is 13.6. The number of nitrogens with zero attached hydrogens (tertiary/aromatic N) is 3. The van der Waals surface area contributed by atoms with Gasteiger partial charge in [-0.15, -0.1) is 11.3 Å². The molecule has 3 heterocycles. The number of rotatable bonds is 3. The van der Waals surface area contributed by atoms with Crippen LogP contribution >= 0.6 is 11.3 Å². The zero-order chi connectivity index (χ0) is 31.9. The molecule has 3 aromatic heterocycles. The fourth-order valence-corrected chi connectivity index (χ4v) is 9.06. The predicted molar refractivity (Wildman–Crippen MR) is 205 cm³/mol. The second-order valence-electron chi connectivity index (χ2n) is 12.6. The van der Waals surface area contributed by atoms with Gasteiger partial charge in [-0.3, -0.25) is 4.57 Å². The highest BCUT2D eigenvalue weighted by molar-refractivity contribution is 7.27. The van der Waals surface area contributed by atoms with Crippen LogP contribution in [0.15, 0.2) is 140 Å². The molecule has 0 spiro atoms. The summed E-state index contributed by atoms with van der Waals surface area (Å²) in [5.41, 5.74) is 8.34. The van der Waals surface area contributed by atoms with Gasteiger partial charge in [0, 0.05) is 37.4 Å². The zero-order valence-electron chi connectivity index (χ0n) is 26.5. The summed E-state index contributed by atoms with van der Waals surface area (Å²) < 4.78 is 4.99. The predicted octanol–water partition coefficient (Wildman–Crippen LogP) is 12.2. The third-order valence-corrected chi connectivity index (χ3v) is 11.1. The van der Waals surface area contributed by atoms with Crippen molar-refractivity contribution in [1.29, 1.82) is 0 Å². The number of hydrogen-bond acceptors (Lipinski definition) is 3. The molecule has 0 saturated carbocycles. The van der Waals surface area contributed by atoms with E-state index in [9.17, 15) is 0 Å². The van der Waals surface area contributed by atoms with Crippen LogP contribution < -0.4 is 0 Å². The smallest absolute Gasteiger partial charge is 0.164 e. The first-order valence-electron chi connectivity index (χ1n) is 16.4. The van der Waals surface area contributed by atoms with Gasteiger partial charge in [0.05, 0.1) is 27.1 Å². The van der Waals surface area contributed by atoms with E-state index in [0.717, 1.165) is 39.5 Å². The van der Waals surface area contributed by atoms with E-state index in [-0.39, 0.29) is 0 Å². The van der Waals surface area contributed by atoms with Crippen LogP contribution in [0.2, 0.25) is 0 Å². The number of hydrogen-bond donors (Lipinski definition) is 0. The van der Waals surface area contributed by atoms with E-state index < -0.39 is 0 Å². The molecule has 0 radical (unpaired) electrons. The molecule has 0 N–H and O–H groups in total. The SMILES string of the molecule is Cc1ccccc1-c1nc(-c2ccccc2)c(-n2c3ccccc3c3c4ccccc4c4c5ccc6ccccc6c5sc4c32)nc1C. The largest absolute Gasteiger partial charge is 0.290 e. The maximum atomic E-state index is 5.51. The standard InChI is InChI=1S/C44H29N3S/c1-26-14-6-8-18-30(26)39-27(2)45-44(40(46-39)29-16-4-3-5-17-29)47-36-23-13-12-22-34(36)37-32-20-10-11-21-33(32)38-35-25-24-28-15-7-9-19-31(28)42(35)48-43(38)41(37)47/h3-25H,1-2H3. The highest BCUT2D eigenvalue weighted by Gasteiger charge is 2.25. The minimum absolute atomic E-state index is 0.848. The van der Waals surface area contributed by atoms with Crippen LogP contribution in [0, 0.1) is 13.8 Å². The highest BCUT2D eigenvalue weighted by Crippen LogP contribution is 2.49. The number of benzene rings is 7. The molecule has 3 nitrogen and oxygen atoms in total. The van der Waals surface area contributed by atoms with Gasteiger partial charge >= 0.3 is 0 Å². The Labute approximate surface area is 281 Å². The Kier molecular flexibility index (Phi) is 5.87. The normalized spacial score (nSPS) is 12.0. The lowest BCUT2D eigenvalue weighted by Gasteiger charge is -2.17. The molecule has 226 valence electrons. The Morgan fingerprint density at radius 1 is 0.500 bits per heavy atom. The van der Waals surface area contributed by atoms with Gasteiger partial charge in [0.1, 0.15) is 5.69 Å². The summed E-state index contributed by atoms with van der Waals surface area (Å²) in [6.07, 6.45) is 0. The molecule has 0 bridgehead atoms. The lowest BCUT2D eigenvalue weighted by atomic mass is 9.98. The molecule has 0 saturated heterocycles. The number of para-hydroxylation sites is 1. The van der Waals surface area contributed by atoms with E-state index >= 15 is 0 Å². The number of aromatic nitrogens is 3. The molecule has 10 aromatic rings. The first-order valence-corrected chi connectivity index (χ1v) is 17.2. The number of aryl methyl sites for hydroxylation is 2. The third kappa shape index (κ3) is 3.81. The van der Waals surface area contributed by atoms with Crippen LogP contribution in [0.25, 0.3) is 91.9 Å². The van der Waals surface area contributed by atoms with E-state index in [0.29, 0.717) is 0 Å². The monoisotopic (exact) mass is 631 g/mol. The van der Waals surface area contributed by atoms with Gasteiger partial charge in [-0.1, -0.05) is 133 Å². The van der Waals surface area contributed by atoms with E-state index in [1.807, 2.05) is 11.3 Å². The highest BCUT2D eigenvalue weighted by atomic mass is 32.1. The quantitative estimate of drug-likeness (QED) is 0.194. The summed E-state index contributed by atoms with van der Waals surface area (Å²) in [6.45, 7) is 4.24. The topological polar surface area (TPSA) is 30.7 Å². The average molecular weight is 632 g/mol. The van der Waals surface area contributed by atoms with Crippen LogP contribution in [-0.2, 0) is 0 Å². The van der Waals surface area contributed by atoms with Gasteiger partial charge in [-0.05, 0) is 47.0 Å². The second kappa shape index (κ2) is 10.3. The van der Waals surface area contributed by atoms with Gasteiger partial charge in [0.2, 0.25) is 0 Å². The molecular formula is C44H29N3S. The summed E-state index contributed by atoms with van der Waals surface area (Å²) in [7, 11) is 0. The van der Waals surface area contributed by atoms with Crippen molar-refractivity contribution in [3.8, 4) is 28.3 Å². The van der Waals surface area contributed by atoms with Crippen molar-refractivity contribution in [3.05, 3.63) is 151 Å². The van der Waals surface area contributed by atoms with Crippen molar-refractivity contribution < 1.29 is 0 Å². The minimum Gasteiger partial charge on any atom is -0.290 e. The fraction of sp³-hybridized carbons (Fsp3) is 0.0455. The Balaban J connectivity index is 1.44. The maximum absolute atomic E-state index is 5.51. The summed E-state index contributed by atoms with van der Waals surface area (Å²) in [6, 6.07) is 50.0. The van der Waals surface area contributed by atoms with Gasteiger partial charge in [-0.25, -0.2) is 9.97 Å². The van der Waals surface area contributed by atoms with Gasteiger partial charge < -0.3 is 0 Å². The molecule has 0 aliphatic heterocycles.